The van der Waals surface area contributed by atoms with E-state index in [1.165, 1.54) is 17.5 Å². The standard InChI is InChI=1S/C14H22.C5H12.C4H10.C3H8/c1-13(2,3)11-7-9-12(10-8-11)14(4,5)6;1-5(2,3)4;1-4(2)3;1-3-2/h7-10H,1-6H3;1-4H3;4H,1-3H3;3H2,1-2H3. The van der Waals surface area contributed by atoms with Crippen LogP contribution >= 0.6 is 0 Å². The maximum Gasteiger partial charge on any atom is -0.0132 e. The Kier molecular flexibility index (Phi) is 15.4. The van der Waals surface area contributed by atoms with Gasteiger partial charge in [-0.3, -0.25) is 0 Å². The third-order valence-electron chi connectivity index (χ3n) is 2.62. The Bertz CT molecular complexity index is 371. The average Bonchev–Trinajstić information content (AvgIpc) is 2.35. The van der Waals surface area contributed by atoms with Gasteiger partial charge >= 0.3 is 0 Å². The van der Waals surface area contributed by atoms with Crippen molar-refractivity contribution in [2.24, 2.45) is 11.3 Å². The van der Waals surface area contributed by atoms with E-state index < -0.39 is 0 Å². The summed E-state index contributed by atoms with van der Waals surface area (Å²) >= 11 is 0. The molecule has 0 radical (unpaired) electrons. The van der Waals surface area contributed by atoms with Crippen molar-refractivity contribution >= 4 is 0 Å². The van der Waals surface area contributed by atoms with Gasteiger partial charge in [0.15, 0.2) is 0 Å². The molecule has 0 nitrogen and oxygen atoms in total. The molecule has 0 bridgehead atoms. The van der Waals surface area contributed by atoms with E-state index in [2.05, 4.69) is 128 Å². The second-order valence-corrected chi connectivity index (χ2v) is 11.5. The van der Waals surface area contributed by atoms with Crippen LogP contribution in [0.2, 0.25) is 0 Å². The first-order valence-electron chi connectivity index (χ1n) is 10.5. The zero-order chi connectivity index (χ0) is 21.8. The molecule has 0 N–H and O–H groups in total. The van der Waals surface area contributed by atoms with Crippen molar-refractivity contribution in [3.05, 3.63) is 35.4 Å². The molecule has 0 unspecified atom stereocenters. The highest BCUT2D eigenvalue weighted by Gasteiger charge is 2.16. The fourth-order valence-corrected chi connectivity index (χ4v) is 1.47. The molecule has 0 aliphatic heterocycles. The zero-order valence-electron chi connectivity index (χ0n) is 21.1. The van der Waals surface area contributed by atoms with Crippen LogP contribution in [0.3, 0.4) is 0 Å². The summed E-state index contributed by atoms with van der Waals surface area (Å²) in [6.07, 6.45) is 1.25. The van der Waals surface area contributed by atoms with Crippen molar-refractivity contribution in [2.45, 2.75) is 121 Å². The molecule has 0 aliphatic rings. The molecule has 156 valence electrons. The predicted octanol–water partition coefficient (Wildman–Crippen LogP) is 9.41. The fourth-order valence-electron chi connectivity index (χ4n) is 1.47. The van der Waals surface area contributed by atoms with Crippen LogP contribution in [0, 0.1) is 11.3 Å². The first kappa shape index (κ1) is 30.0. The molecule has 1 rings (SSSR count). The first-order chi connectivity index (χ1) is 11.4. The van der Waals surface area contributed by atoms with Gasteiger partial charge in [-0.15, -0.1) is 0 Å². The van der Waals surface area contributed by atoms with Crippen molar-refractivity contribution in [3.8, 4) is 0 Å². The molecule has 0 spiro atoms. The van der Waals surface area contributed by atoms with Crippen molar-refractivity contribution in [1.29, 1.82) is 0 Å². The highest BCUT2D eigenvalue weighted by Crippen LogP contribution is 2.26. The molecular weight excluding hydrogens is 312 g/mol. The maximum absolute atomic E-state index is 2.25. The molecule has 0 aromatic heterocycles. The minimum atomic E-state index is 0.260. The molecule has 26 heavy (non-hydrogen) atoms. The second-order valence-electron chi connectivity index (χ2n) is 11.5. The van der Waals surface area contributed by atoms with Gasteiger partial charge < -0.3 is 0 Å². The molecule has 1 aromatic rings. The predicted molar refractivity (Wildman–Crippen MR) is 125 cm³/mol. The Morgan fingerprint density at radius 3 is 0.769 bits per heavy atom. The van der Waals surface area contributed by atoms with Gasteiger partial charge in [-0.1, -0.05) is 135 Å². The maximum atomic E-state index is 2.25. The van der Waals surface area contributed by atoms with E-state index >= 15 is 0 Å². The third kappa shape index (κ3) is 25.5. The SMILES string of the molecule is CC(C)(C)C.CC(C)(C)c1ccc(C(C)(C)C)cc1.CC(C)C.CCC. The van der Waals surface area contributed by atoms with Gasteiger partial charge in [0.2, 0.25) is 0 Å². The van der Waals surface area contributed by atoms with Crippen molar-refractivity contribution in [1.82, 2.24) is 0 Å². The summed E-state index contributed by atoms with van der Waals surface area (Å²) in [6.45, 7) is 33.0. The molecule has 0 atom stereocenters. The smallest absolute Gasteiger partial charge is 0.0132 e. The van der Waals surface area contributed by atoms with Crippen LogP contribution in [-0.2, 0) is 10.8 Å². The molecule has 0 saturated carbocycles. The number of rotatable bonds is 0. The summed E-state index contributed by atoms with van der Waals surface area (Å²) < 4.78 is 0. The molecule has 0 aliphatic carbocycles. The van der Waals surface area contributed by atoms with Crippen molar-refractivity contribution < 1.29 is 0 Å². The number of hydrogen-bond donors (Lipinski definition) is 0. The molecule has 0 heteroatoms. The lowest BCUT2D eigenvalue weighted by Crippen LogP contribution is -2.14. The van der Waals surface area contributed by atoms with Gasteiger partial charge in [0.1, 0.15) is 0 Å². The van der Waals surface area contributed by atoms with Crippen LogP contribution in [0.15, 0.2) is 24.3 Å². The molecule has 0 saturated heterocycles. The van der Waals surface area contributed by atoms with Crippen LogP contribution in [0.1, 0.15) is 121 Å². The summed E-state index contributed by atoms with van der Waals surface area (Å²) in [4.78, 5) is 0. The largest absolute Gasteiger partial charge is 0.0656 e. The summed E-state index contributed by atoms with van der Waals surface area (Å²) in [7, 11) is 0. The number of benzene rings is 1. The fraction of sp³-hybridized carbons (Fsp3) is 0.769. The second kappa shape index (κ2) is 13.4. The summed E-state index contributed by atoms with van der Waals surface area (Å²) in [5.74, 6) is 0.833. The molecule has 1 aromatic carbocycles. The van der Waals surface area contributed by atoms with Gasteiger partial charge in [-0.25, -0.2) is 0 Å². The Labute approximate surface area is 168 Å². The van der Waals surface area contributed by atoms with Gasteiger partial charge in [-0.2, -0.15) is 0 Å². The van der Waals surface area contributed by atoms with Gasteiger partial charge in [0.05, 0.1) is 0 Å². The minimum absolute atomic E-state index is 0.260. The lowest BCUT2D eigenvalue weighted by molar-refractivity contribution is 0.469. The highest BCUT2D eigenvalue weighted by atomic mass is 14.2. The molecule has 0 fully saturated rings. The quantitative estimate of drug-likeness (QED) is 0.430. The van der Waals surface area contributed by atoms with Crippen molar-refractivity contribution in [2.75, 3.05) is 0 Å². The summed E-state index contributed by atoms with van der Waals surface area (Å²) in [5, 5.41) is 0. The Morgan fingerprint density at radius 1 is 0.577 bits per heavy atom. The molecule has 0 heterocycles. The zero-order valence-corrected chi connectivity index (χ0v) is 21.1. The van der Waals surface area contributed by atoms with E-state index in [4.69, 9.17) is 0 Å². The van der Waals surface area contributed by atoms with Crippen LogP contribution in [0.25, 0.3) is 0 Å². The molecule has 0 amide bonds. The Hall–Kier alpha value is -0.780. The van der Waals surface area contributed by atoms with Gasteiger partial charge in [-0.05, 0) is 33.3 Å². The van der Waals surface area contributed by atoms with Crippen LogP contribution in [-0.4, -0.2) is 0 Å². The topological polar surface area (TPSA) is 0 Å². The average molecular weight is 365 g/mol. The molecular formula is C26H52. The van der Waals surface area contributed by atoms with Crippen LogP contribution in [0.5, 0.6) is 0 Å². The minimum Gasteiger partial charge on any atom is -0.0656 e. The Balaban J connectivity index is -0.000000364. The normalized spacial score (nSPS) is 11.4. The van der Waals surface area contributed by atoms with Gasteiger partial charge in [0.25, 0.3) is 0 Å². The van der Waals surface area contributed by atoms with E-state index in [9.17, 15) is 0 Å². The van der Waals surface area contributed by atoms with Gasteiger partial charge in [0, 0.05) is 0 Å². The monoisotopic (exact) mass is 364 g/mol. The van der Waals surface area contributed by atoms with E-state index in [1.54, 1.807) is 0 Å². The van der Waals surface area contributed by atoms with E-state index in [-0.39, 0.29) is 10.8 Å². The first-order valence-corrected chi connectivity index (χ1v) is 10.5. The lowest BCUT2D eigenvalue weighted by Gasteiger charge is -2.23. The van der Waals surface area contributed by atoms with E-state index in [0.29, 0.717) is 5.41 Å². The van der Waals surface area contributed by atoms with E-state index in [0.717, 1.165) is 5.92 Å². The summed E-state index contributed by atoms with van der Waals surface area (Å²) in [6, 6.07) is 9.00. The number of hydrogen-bond acceptors (Lipinski definition) is 0. The summed E-state index contributed by atoms with van der Waals surface area (Å²) in [5.41, 5.74) is 3.84. The highest BCUT2D eigenvalue weighted by molar-refractivity contribution is 5.30. The lowest BCUT2D eigenvalue weighted by atomic mass is 9.82. The third-order valence-corrected chi connectivity index (χ3v) is 2.62. The van der Waals surface area contributed by atoms with E-state index in [1.807, 2.05) is 0 Å². The Morgan fingerprint density at radius 2 is 0.692 bits per heavy atom. The van der Waals surface area contributed by atoms with Crippen molar-refractivity contribution in [3.63, 3.8) is 0 Å². The van der Waals surface area contributed by atoms with Crippen LogP contribution in [0.4, 0.5) is 0 Å². The van der Waals surface area contributed by atoms with Crippen LogP contribution < -0.4 is 0 Å².